The minimum absolute atomic E-state index is 0.619. The molecule has 1 aromatic rings. The smallest absolute Gasteiger partial charge is 0.225 e. The largest absolute Gasteiger partial charge is 0.248 e. The maximum atomic E-state index is 12.1. The van der Waals surface area contributed by atoms with Gasteiger partial charge in [-0.05, 0) is 18.6 Å². The van der Waals surface area contributed by atoms with Gasteiger partial charge in [0, 0.05) is 6.20 Å². The molecule has 0 N–H and O–H groups in total. The first-order chi connectivity index (χ1) is 5.20. The molecule has 62 valence electrons. The summed E-state index contributed by atoms with van der Waals surface area (Å²) in [6.45, 7) is 5.65. The normalized spacial score (nSPS) is 8.45. The fourth-order valence-corrected chi connectivity index (χ4v) is 0.517. The average molecular weight is 159 g/mol. The highest BCUT2D eigenvalue weighted by Crippen LogP contribution is 2.02. The summed E-state index contributed by atoms with van der Waals surface area (Å²) >= 11 is 0. The number of halogens is 2. The van der Waals surface area contributed by atoms with Crippen molar-refractivity contribution in [2.75, 3.05) is 0 Å². The maximum Gasteiger partial charge on any atom is 0.248 e. The van der Waals surface area contributed by atoms with Gasteiger partial charge in [0.1, 0.15) is 0 Å². The predicted molar refractivity (Wildman–Crippen MR) is 40.2 cm³/mol. The molecule has 3 heteroatoms. The molecular weight excluding hydrogens is 148 g/mol. The molecule has 0 amide bonds. The average Bonchev–Trinajstić information content (AvgIpc) is 2.02. The highest BCUT2D eigenvalue weighted by molar-refractivity contribution is 5.08. The lowest BCUT2D eigenvalue weighted by Crippen LogP contribution is -1.88. The molecular formula is C8H11F2N. The molecule has 0 aliphatic heterocycles. The van der Waals surface area contributed by atoms with Crippen LogP contribution in [-0.4, -0.2) is 4.98 Å². The second-order valence-electron chi connectivity index (χ2n) is 1.79. The van der Waals surface area contributed by atoms with Crippen molar-refractivity contribution in [3.63, 3.8) is 0 Å². The zero-order valence-electron chi connectivity index (χ0n) is 6.86. The summed E-state index contributed by atoms with van der Waals surface area (Å²) in [6.07, 6.45) is 1.28. The van der Waals surface area contributed by atoms with Gasteiger partial charge in [-0.1, -0.05) is 13.8 Å². The fourth-order valence-electron chi connectivity index (χ4n) is 0.517. The van der Waals surface area contributed by atoms with Crippen LogP contribution in [0.25, 0.3) is 0 Å². The molecule has 0 aromatic carbocycles. The van der Waals surface area contributed by atoms with E-state index in [1.807, 2.05) is 13.8 Å². The number of hydrogen-bond donors (Lipinski definition) is 0. The van der Waals surface area contributed by atoms with Crippen LogP contribution >= 0.6 is 0 Å². The second-order valence-corrected chi connectivity index (χ2v) is 1.79. The molecule has 0 bridgehead atoms. The van der Waals surface area contributed by atoms with Crippen LogP contribution in [0.4, 0.5) is 8.78 Å². The zero-order valence-corrected chi connectivity index (χ0v) is 6.86. The number of aromatic nitrogens is 1. The van der Waals surface area contributed by atoms with Gasteiger partial charge in [-0.15, -0.1) is 0 Å². The molecule has 1 aromatic heterocycles. The highest BCUT2D eigenvalue weighted by Gasteiger charge is 1.99. The lowest BCUT2D eigenvalue weighted by Gasteiger charge is -1.90. The van der Waals surface area contributed by atoms with Crippen molar-refractivity contribution >= 4 is 0 Å². The first kappa shape index (κ1) is 10.0. The Kier molecular flexibility index (Phi) is 4.34. The molecule has 0 fully saturated rings. The van der Waals surface area contributed by atoms with Crippen LogP contribution < -0.4 is 0 Å². The predicted octanol–water partition coefficient (Wildman–Crippen LogP) is 2.69. The molecule has 0 radical (unpaired) electrons. The number of rotatable bonds is 0. The Morgan fingerprint density at radius 3 is 2.18 bits per heavy atom. The lowest BCUT2D eigenvalue weighted by atomic mass is 10.3. The quantitative estimate of drug-likeness (QED) is 0.530. The summed E-state index contributed by atoms with van der Waals surface area (Å²) in [5, 5.41) is 0. The Hall–Kier alpha value is -0.990. The molecule has 0 unspecified atom stereocenters. The Balaban J connectivity index is 0.000000461. The van der Waals surface area contributed by atoms with E-state index in [2.05, 4.69) is 4.98 Å². The molecule has 1 nitrogen and oxygen atoms in total. The summed E-state index contributed by atoms with van der Waals surface area (Å²) in [5.41, 5.74) is 0.619. The summed E-state index contributed by atoms with van der Waals surface area (Å²) < 4.78 is 24.2. The molecule has 0 atom stereocenters. The van der Waals surface area contributed by atoms with E-state index in [9.17, 15) is 8.78 Å². The molecule has 0 saturated heterocycles. The first-order valence-corrected chi connectivity index (χ1v) is 3.48. The lowest BCUT2D eigenvalue weighted by molar-refractivity contribution is 0.478. The third-order valence-corrected chi connectivity index (χ3v) is 0.933. The van der Waals surface area contributed by atoms with Crippen LogP contribution in [0.5, 0.6) is 0 Å². The maximum absolute atomic E-state index is 12.1. The van der Waals surface area contributed by atoms with Crippen LogP contribution in [0, 0.1) is 18.7 Å². The molecule has 1 heterocycles. The minimum atomic E-state index is -1.04. The van der Waals surface area contributed by atoms with E-state index in [-0.39, 0.29) is 0 Å². The summed E-state index contributed by atoms with van der Waals surface area (Å²) in [4.78, 5) is 3.14. The molecule has 0 spiro atoms. The van der Waals surface area contributed by atoms with Gasteiger partial charge in [-0.2, -0.15) is 4.39 Å². The van der Waals surface area contributed by atoms with Crippen molar-refractivity contribution in [3.8, 4) is 0 Å². The highest BCUT2D eigenvalue weighted by atomic mass is 19.2. The van der Waals surface area contributed by atoms with Gasteiger partial charge in [0.05, 0.1) is 0 Å². The zero-order chi connectivity index (χ0) is 8.85. The SMILES string of the molecule is CC.Cc1cnc(F)c(F)c1. The third kappa shape index (κ3) is 3.07. The minimum Gasteiger partial charge on any atom is -0.225 e. The molecule has 1 rings (SSSR count). The van der Waals surface area contributed by atoms with Crippen molar-refractivity contribution in [2.45, 2.75) is 20.8 Å². The molecule has 0 saturated carbocycles. The van der Waals surface area contributed by atoms with Crippen molar-refractivity contribution < 1.29 is 8.78 Å². The van der Waals surface area contributed by atoms with E-state index in [0.29, 0.717) is 5.56 Å². The Bertz CT molecular complexity index is 223. The van der Waals surface area contributed by atoms with Crippen molar-refractivity contribution in [1.82, 2.24) is 4.98 Å². The van der Waals surface area contributed by atoms with Gasteiger partial charge in [0.2, 0.25) is 5.95 Å². The Labute approximate surface area is 65.1 Å². The molecule has 0 aliphatic rings. The first-order valence-electron chi connectivity index (χ1n) is 3.48. The van der Waals surface area contributed by atoms with E-state index in [0.717, 1.165) is 6.07 Å². The van der Waals surface area contributed by atoms with Gasteiger partial charge >= 0.3 is 0 Å². The summed E-state index contributed by atoms with van der Waals surface area (Å²) in [6, 6.07) is 1.10. The number of nitrogens with zero attached hydrogens (tertiary/aromatic N) is 1. The monoisotopic (exact) mass is 159 g/mol. The fraction of sp³-hybridized carbons (Fsp3) is 0.375. The topological polar surface area (TPSA) is 12.9 Å². The van der Waals surface area contributed by atoms with Crippen molar-refractivity contribution in [1.29, 1.82) is 0 Å². The van der Waals surface area contributed by atoms with E-state index in [4.69, 9.17) is 0 Å². The summed E-state index contributed by atoms with van der Waals surface area (Å²) in [5.74, 6) is -1.93. The van der Waals surface area contributed by atoms with Crippen LogP contribution in [0.3, 0.4) is 0 Å². The second kappa shape index (κ2) is 4.77. The van der Waals surface area contributed by atoms with Crippen LogP contribution in [0.1, 0.15) is 19.4 Å². The van der Waals surface area contributed by atoms with Crippen LogP contribution in [-0.2, 0) is 0 Å². The third-order valence-electron chi connectivity index (χ3n) is 0.933. The van der Waals surface area contributed by atoms with Gasteiger partial charge in [-0.3, -0.25) is 0 Å². The standard InChI is InChI=1S/C6H5F2N.C2H6/c1-4-2-5(7)6(8)9-3-4;1-2/h2-3H,1H3;1-2H3. The van der Waals surface area contributed by atoms with Gasteiger partial charge in [0.15, 0.2) is 5.82 Å². The Morgan fingerprint density at radius 2 is 1.82 bits per heavy atom. The summed E-state index contributed by atoms with van der Waals surface area (Å²) in [7, 11) is 0. The molecule has 11 heavy (non-hydrogen) atoms. The van der Waals surface area contributed by atoms with Crippen molar-refractivity contribution in [2.24, 2.45) is 0 Å². The number of aryl methyl sites for hydroxylation is 1. The van der Waals surface area contributed by atoms with E-state index in [1.165, 1.54) is 6.20 Å². The van der Waals surface area contributed by atoms with Crippen LogP contribution in [0.2, 0.25) is 0 Å². The Morgan fingerprint density at radius 1 is 1.27 bits per heavy atom. The van der Waals surface area contributed by atoms with Gasteiger partial charge in [0.25, 0.3) is 0 Å². The number of pyridine rings is 1. The van der Waals surface area contributed by atoms with Crippen LogP contribution in [0.15, 0.2) is 12.3 Å². The number of hydrogen-bond acceptors (Lipinski definition) is 1. The molecule has 0 aliphatic carbocycles. The van der Waals surface area contributed by atoms with E-state index in [1.54, 1.807) is 6.92 Å². The van der Waals surface area contributed by atoms with E-state index < -0.39 is 11.8 Å². The van der Waals surface area contributed by atoms with Crippen molar-refractivity contribution in [3.05, 3.63) is 29.6 Å². The van der Waals surface area contributed by atoms with Gasteiger partial charge in [-0.25, -0.2) is 9.37 Å². The van der Waals surface area contributed by atoms with E-state index >= 15 is 0 Å². The van der Waals surface area contributed by atoms with Gasteiger partial charge < -0.3 is 0 Å².